The first-order valence-corrected chi connectivity index (χ1v) is 8.28. The summed E-state index contributed by atoms with van der Waals surface area (Å²) in [6.45, 7) is 11.1. The minimum atomic E-state index is 0.289. The fourth-order valence-electron chi connectivity index (χ4n) is 2.98. The first-order valence-electron chi connectivity index (χ1n) is 8.28. The molecule has 0 unspecified atom stereocenters. The third-order valence-electron chi connectivity index (χ3n) is 4.42. The maximum atomic E-state index is 10.4. The molecule has 0 aromatic carbocycles. The van der Waals surface area contributed by atoms with Crippen molar-refractivity contribution < 1.29 is 4.79 Å². The van der Waals surface area contributed by atoms with E-state index in [2.05, 4.69) is 45.9 Å². The summed E-state index contributed by atoms with van der Waals surface area (Å²) < 4.78 is 0. The highest BCUT2D eigenvalue weighted by Crippen LogP contribution is 2.40. The standard InChI is InChI=1S/C21H30O/c1-6-19(11-7-9-17(2)14-16-22)12-13-20-18(3)10-8-15-21(20,4)5/h7,9,11-14,16H,6,8,10,15H2,1-5H3/b9-7-,13-12+,17-14+,19-11+. The van der Waals surface area contributed by atoms with Gasteiger partial charge in [-0.1, -0.05) is 56.7 Å². The van der Waals surface area contributed by atoms with Crippen LogP contribution in [0.4, 0.5) is 0 Å². The molecule has 0 heterocycles. The summed E-state index contributed by atoms with van der Waals surface area (Å²) in [6.07, 6.45) is 17.9. The van der Waals surface area contributed by atoms with Gasteiger partial charge in [-0.05, 0) is 67.7 Å². The predicted octanol–water partition coefficient (Wildman–Crippen LogP) is 6.11. The van der Waals surface area contributed by atoms with Gasteiger partial charge in [0.05, 0.1) is 0 Å². The van der Waals surface area contributed by atoms with Crippen molar-refractivity contribution in [2.45, 2.75) is 60.3 Å². The van der Waals surface area contributed by atoms with Crippen LogP contribution in [-0.2, 0) is 4.79 Å². The summed E-state index contributed by atoms with van der Waals surface area (Å²) in [6, 6.07) is 0. The SMILES string of the molecule is CCC(/C=C/C1=C(C)CCCC1(C)C)=C\C=C/C(C)=C/C=O. The van der Waals surface area contributed by atoms with Gasteiger partial charge in [0.25, 0.3) is 0 Å². The maximum Gasteiger partial charge on any atom is 0.143 e. The van der Waals surface area contributed by atoms with Crippen molar-refractivity contribution in [3.63, 3.8) is 0 Å². The van der Waals surface area contributed by atoms with Crippen LogP contribution >= 0.6 is 0 Å². The zero-order valence-corrected chi connectivity index (χ0v) is 14.8. The summed E-state index contributed by atoms with van der Waals surface area (Å²) in [5.74, 6) is 0. The highest BCUT2D eigenvalue weighted by atomic mass is 16.1. The van der Waals surface area contributed by atoms with E-state index in [0.717, 1.165) is 18.3 Å². The van der Waals surface area contributed by atoms with E-state index >= 15 is 0 Å². The Morgan fingerprint density at radius 3 is 2.55 bits per heavy atom. The van der Waals surface area contributed by atoms with Gasteiger partial charge in [-0.2, -0.15) is 0 Å². The normalized spacial score (nSPS) is 20.2. The fraction of sp³-hybridized carbons (Fsp3) is 0.476. The molecule has 0 saturated carbocycles. The Morgan fingerprint density at radius 2 is 1.95 bits per heavy atom. The maximum absolute atomic E-state index is 10.4. The van der Waals surface area contributed by atoms with Gasteiger partial charge in [0.1, 0.15) is 6.29 Å². The molecule has 0 radical (unpaired) electrons. The second kappa shape index (κ2) is 8.73. The minimum absolute atomic E-state index is 0.289. The number of hydrogen-bond donors (Lipinski definition) is 0. The molecule has 120 valence electrons. The Kier molecular flexibility index (Phi) is 7.31. The largest absolute Gasteiger partial charge is 0.299 e. The molecule has 1 aliphatic carbocycles. The van der Waals surface area contributed by atoms with E-state index < -0.39 is 0 Å². The van der Waals surface area contributed by atoms with Crippen molar-refractivity contribution in [2.24, 2.45) is 5.41 Å². The van der Waals surface area contributed by atoms with Gasteiger partial charge in [0.2, 0.25) is 0 Å². The molecule has 0 aromatic rings. The van der Waals surface area contributed by atoms with Crippen molar-refractivity contribution in [2.75, 3.05) is 0 Å². The molecule has 1 rings (SSSR count). The molecule has 1 nitrogen and oxygen atoms in total. The Balaban J connectivity index is 2.89. The zero-order valence-electron chi connectivity index (χ0n) is 14.8. The van der Waals surface area contributed by atoms with Crippen LogP contribution in [0.25, 0.3) is 0 Å². The van der Waals surface area contributed by atoms with E-state index in [0.29, 0.717) is 0 Å². The molecular formula is C21H30O. The molecule has 22 heavy (non-hydrogen) atoms. The first kappa shape index (κ1) is 18.4. The lowest BCUT2D eigenvalue weighted by atomic mass is 9.72. The van der Waals surface area contributed by atoms with Crippen LogP contribution in [0.5, 0.6) is 0 Å². The van der Waals surface area contributed by atoms with Gasteiger partial charge in [-0.25, -0.2) is 0 Å². The second-order valence-electron chi connectivity index (χ2n) is 6.77. The Morgan fingerprint density at radius 1 is 1.23 bits per heavy atom. The van der Waals surface area contributed by atoms with E-state index in [9.17, 15) is 4.79 Å². The average molecular weight is 298 g/mol. The van der Waals surface area contributed by atoms with Gasteiger partial charge < -0.3 is 0 Å². The topological polar surface area (TPSA) is 17.1 Å². The molecule has 0 spiro atoms. The van der Waals surface area contributed by atoms with Crippen molar-refractivity contribution in [1.82, 2.24) is 0 Å². The molecule has 0 aliphatic heterocycles. The van der Waals surface area contributed by atoms with Crippen molar-refractivity contribution in [1.29, 1.82) is 0 Å². The van der Waals surface area contributed by atoms with Crippen LogP contribution < -0.4 is 0 Å². The number of carbonyl (C=O) groups excluding carboxylic acids is 1. The Labute approximate surface area is 136 Å². The highest BCUT2D eigenvalue weighted by Gasteiger charge is 2.26. The summed E-state index contributed by atoms with van der Waals surface area (Å²) in [4.78, 5) is 10.4. The minimum Gasteiger partial charge on any atom is -0.299 e. The van der Waals surface area contributed by atoms with Crippen LogP contribution in [0.1, 0.15) is 60.3 Å². The summed E-state index contributed by atoms with van der Waals surface area (Å²) in [7, 11) is 0. The van der Waals surface area contributed by atoms with E-state index in [1.807, 2.05) is 19.1 Å². The molecule has 0 saturated heterocycles. The number of carbonyl (C=O) groups is 1. The summed E-state index contributed by atoms with van der Waals surface area (Å²) in [5, 5.41) is 0. The molecular weight excluding hydrogens is 268 g/mol. The molecule has 1 heteroatoms. The van der Waals surface area contributed by atoms with E-state index in [1.165, 1.54) is 36.0 Å². The molecule has 0 N–H and O–H groups in total. The summed E-state index contributed by atoms with van der Waals surface area (Å²) >= 11 is 0. The first-order chi connectivity index (χ1) is 10.4. The number of allylic oxidation sites excluding steroid dienone is 10. The average Bonchev–Trinajstić information content (AvgIpc) is 2.44. The Hall–Kier alpha value is -1.63. The lowest BCUT2D eigenvalue weighted by Gasteiger charge is -2.33. The van der Waals surface area contributed by atoms with Gasteiger partial charge in [-0.3, -0.25) is 4.79 Å². The van der Waals surface area contributed by atoms with Crippen LogP contribution in [0.15, 0.2) is 58.7 Å². The van der Waals surface area contributed by atoms with Crippen LogP contribution in [0, 0.1) is 5.41 Å². The molecule has 0 fully saturated rings. The molecule has 0 aromatic heterocycles. The van der Waals surface area contributed by atoms with Crippen LogP contribution in [0.2, 0.25) is 0 Å². The van der Waals surface area contributed by atoms with E-state index in [1.54, 1.807) is 6.08 Å². The number of hydrogen-bond acceptors (Lipinski definition) is 1. The van der Waals surface area contributed by atoms with Crippen LogP contribution in [0.3, 0.4) is 0 Å². The fourth-order valence-corrected chi connectivity index (χ4v) is 2.98. The van der Waals surface area contributed by atoms with Crippen molar-refractivity contribution in [3.05, 3.63) is 58.7 Å². The van der Waals surface area contributed by atoms with E-state index in [4.69, 9.17) is 0 Å². The highest BCUT2D eigenvalue weighted by molar-refractivity contribution is 5.66. The van der Waals surface area contributed by atoms with Crippen LogP contribution in [-0.4, -0.2) is 6.29 Å². The molecule has 1 aliphatic rings. The number of aldehydes is 1. The molecule has 0 amide bonds. The van der Waals surface area contributed by atoms with E-state index in [-0.39, 0.29) is 5.41 Å². The van der Waals surface area contributed by atoms with Crippen molar-refractivity contribution >= 4 is 6.29 Å². The number of rotatable bonds is 6. The van der Waals surface area contributed by atoms with Crippen molar-refractivity contribution in [3.8, 4) is 0 Å². The smallest absolute Gasteiger partial charge is 0.143 e. The molecule has 0 atom stereocenters. The predicted molar refractivity (Wildman–Crippen MR) is 96.8 cm³/mol. The van der Waals surface area contributed by atoms with Gasteiger partial charge in [-0.15, -0.1) is 0 Å². The lowest BCUT2D eigenvalue weighted by molar-refractivity contribution is -0.104. The quantitative estimate of drug-likeness (QED) is 0.328. The Bertz CT molecular complexity index is 536. The van der Waals surface area contributed by atoms with Gasteiger partial charge in [0.15, 0.2) is 0 Å². The van der Waals surface area contributed by atoms with Gasteiger partial charge >= 0.3 is 0 Å². The molecule has 0 bridgehead atoms. The monoisotopic (exact) mass is 298 g/mol. The summed E-state index contributed by atoms with van der Waals surface area (Å²) in [5.41, 5.74) is 5.59. The second-order valence-corrected chi connectivity index (χ2v) is 6.77. The third-order valence-corrected chi connectivity index (χ3v) is 4.42. The lowest BCUT2D eigenvalue weighted by Crippen LogP contribution is -2.19. The van der Waals surface area contributed by atoms with Gasteiger partial charge in [0, 0.05) is 0 Å². The third kappa shape index (κ3) is 5.63. The zero-order chi connectivity index (χ0) is 16.6.